The van der Waals surface area contributed by atoms with Crippen LogP contribution in [0.15, 0.2) is 30.7 Å². The second-order valence-electron chi connectivity index (χ2n) is 7.12. The SMILES string of the molecule is CN1CCCC(c2ncc3c(n2)CCN(Cc2cccnc2)C3)C1. The van der Waals surface area contributed by atoms with Gasteiger partial charge in [-0.25, -0.2) is 9.97 Å². The molecule has 0 N–H and O–H groups in total. The van der Waals surface area contributed by atoms with Crippen molar-refractivity contribution in [1.29, 1.82) is 0 Å². The van der Waals surface area contributed by atoms with Crippen LogP contribution in [0.3, 0.4) is 0 Å². The highest BCUT2D eigenvalue weighted by Crippen LogP contribution is 2.26. The fourth-order valence-electron chi connectivity index (χ4n) is 3.85. The van der Waals surface area contributed by atoms with Crippen molar-refractivity contribution in [3.05, 3.63) is 53.4 Å². The smallest absolute Gasteiger partial charge is 0.132 e. The van der Waals surface area contributed by atoms with Crippen molar-refractivity contribution >= 4 is 0 Å². The van der Waals surface area contributed by atoms with E-state index < -0.39 is 0 Å². The molecule has 1 saturated heterocycles. The normalized spacial score (nSPS) is 22.3. The van der Waals surface area contributed by atoms with Crippen LogP contribution in [0, 0.1) is 0 Å². The third-order valence-electron chi connectivity index (χ3n) is 5.15. The molecule has 0 bridgehead atoms. The minimum atomic E-state index is 0.502. The maximum absolute atomic E-state index is 4.94. The van der Waals surface area contributed by atoms with Crippen LogP contribution in [0.1, 0.15) is 41.4 Å². The maximum Gasteiger partial charge on any atom is 0.132 e. The molecule has 0 aromatic carbocycles. The van der Waals surface area contributed by atoms with Crippen molar-refractivity contribution in [2.45, 2.75) is 38.3 Å². The number of rotatable bonds is 3. The minimum Gasteiger partial charge on any atom is -0.306 e. The lowest BCUT2D eigenvalue weighted by molar-refractivity contribution is 0.236. The fourth-order valence-corrected chi connectivity index (χ4v) is 3.85. The van der Waals surface area contributed by atoms with Crippen molar-refractivity contribution in [2.24, 2.45) is 0 Å². The van der Waals surface area contributed by atoms with Gasteiger partial charge in [0.15, 0.2) is 0 Å². The van der Waals surface area contributed by atoms with Gasteiger partial charge in [0.2, 0.25) is 0 Å². The van der Waals surface area contributed by atoms with Gasteiger partial charge in [-0.05, 0) is 38.1 Å². The van der Waals surface area contributed by atoms with Gasteiger partial charge in [-0.2, -0.15) is 0 Å². The lowest BCUT2D eigenvalue weighted by Crippen LogP contribution is -2.33. The summed E-state index contributed by atoms with van der Waals surface area (Å²) in [7, 11) is 2.20. The zero-order chi connectivity index (χ0) is 16.4. The highest BCUT2D eigenvalue weighted by Gasteiger charge is 2.24. The summed E-state index contributed by atoms with van der Waals surface area (Å²) in [5.74, 6) is 1.56. The molecule has 4 heterocycles. The van der Waals surface area contributed by atoms with Gasteiger partial charge in [0.25, 0.3) is 0 Å². The molecule has 1 unspecified atom stereocenters. The zero-order valence-corrected chi connectivity index (χ0v) is 14.4. The van der Waals surface area contributed by atoms with E-state index in [0.29, 0.717) is 5.92 Å². The van der Waals surface area contributed by atoms with Crippen LogP contribution in [0.5, 0.6) is 0 Å². The van der Waals surface area contributed by atoms with E-state index in [2.05, 4.69) is 34.1 Å². The van der Waals surface area contributed by atoms with E-state index in [1.54, 1.807) is 0 Å². The predicted octanol–water partition coefficient (Wildman–Crippen LogP) is 2.24. The summed E-state index contributed by atoms with van der Waals surface area (Å²) in [5, 5.41) is 0. The van der Waals surface area contributed by atoms with Crippen LogP contribution in [-0.2, 0) is 19.5 Å². The van der Waals surface area contributed by atoms with E-state index in [1.165, 1.54) is 36.2 Å². The number of likely N-dealkylation sites (tertiary alicyclic amines) is 1. The second-order valence-corrected chi connectivity index (χ2v) is 7.12. The molecule has 2 aliphatic heterocycles. The Balaban J connectivity index is 1.45. The number of hydrogen-bond acceptors (Lipinski definition) is 5. The Morgan fingerprint density at radius 2 is 2.21 bits per heavy atom. The van der Waals surface area contributed by atoms with E-state index in [9.17, 15) is 0 Å². The number of likely N-dealkylation sites (N-methyl/N-ethyl adjacent to an activating group) is 1. The van der Waals surface area contributed by atoms with Gasteiger partial charge in [0.1, 0.15) is 5.82 Å². The highest BCUT2D eigenvalue weighted by molar-refractivity contribution is 5.22. The van der Waals surface area contributed by atoms with Gasteiger partial charge in [-0.3, -0.25) is 9.88 Å². The standard InChI is InChI=1S/C19H25N5/c1-23-8-3-5-16(13-23)19-21-11-17-14-24(9-6-18(17)22-19)12-15-4-2-7-20-10-15/h2,4,7,10-11,16H,3,5-6,8-9,12-14H2,1H3. The van der Waals surface area contributed by atoms with Gasteiger partial charge < -0.3 is 4.90 Å². The van der Waals surface area contributed by atoms with Gasteiger partial charge in [0.05, 0.1) is 0 Å². The van der Waals surface area contributed by atoms with Crippen molar-refractivity contribution in [2.75, 3.05) is 26.7 Å². The molecule has 126 valence electrons. The lowest BCUT2D eigenvalue weighted by atomic mass is 9.97. The van der Waals surface area contributed by atoms with Crippen LogP contribution in [-0.4, -0.2) is 51.4 Å². The topological polar surface area (TPSA) is 45.2 Å². The number of hydrogen-bond donors (Lipinski definition) is 0. The second kappa shape index (κ2) is 6.95. The Hall–Kier alpha value is -1.85. The summed E-state index contributed by atoms with van der Waals surface area (Å²) in [6.07, 6.45) is 9.34. The quantitative estimate of drug-likeness (QED) is 0.867. The predicted molar refractivity (Wildman–Crippen MR) is 93.6 cm³/mol. The van der Waals surface area contributed by atoms with Crippen LogP contribution in [0.2, 0.25) is 0 Å². The van der Waals surface area contributed by atoms with Crippen LogP contribution >= 0.6 is 0 Å². The van der Waals surface area contributed by atoms with Crippen molar-refractivity contribution in [3.8, 4) is 0 Å². The summed E-state index contributed by atoms with van der Waals surface area (Å²) in [5.41, 5.74) is 3.82. The average Bonchev–Trinajstić information content (AvgIpc) is 2.62. The molecule has 0 saturated carbocycles. The molecule has 0 spiro atoms. The average molecular weight is 323 g/mol. The third kappa shape index (κ3) is 3.47. The number of fused-ring (bicyclic) bond motifs is 1. The maximum atomic E-state index is 4.94. The van der Waals surface area contributed by atoms with Gasteiger partial charge in [0, 0.05) is 68.4 Å². The van der Waals surface area contributed by atoms with E-state index in [0.717, 1.165) is 38.4 Å². The van der Waals surface area contributed by atoms with Crippen molar-refractivity contribution in [3.63, 3.8) is 0 Å². The molecular weight excluding hydrogens is 298 g/mol. The van der Waals surface area contributed by atoms with Crippen LogP contribution < -0.4 is 0 Å². The third-order valence-corrected chi connectivity index (χ3v) is 5.15. The summed E-state index contributed by atoms with van der Waals surface area (Å²) in [4.78, 5) is 18.7. The van der Waals surface area contributed by atoms with Crippen LogP contribution in [0.25, 0.3) is 0 Å². The van der Waals surface area contributed by atoms with Crippen molar-refractivity contribution < 1.29 is 0 Å². The number of pyridine rings is 1. The highest BCUT2D eigenvalue weighted by atomic mass is 15.1. The van der Waals surface area contributed by atoms with E-state index in [1.807, 2.05) is 18.5 Å². The first-order valence-electron chi connectivity index (χ1n) is 8.92. The monoisotopic (exact) mass is 323 g/mol. The molecule has 5 nitrogen and oxygen atoms in total. The van der Waals surface area contributed by atoms with E-state index in [-0.39, 0.29) is 0 Å². The number of piperidine rings is 1. The summed E-state index contributed by atoms with van der Waals surface area (Å²) < 4.78 is 0. The first kappa shape index (κ1) is 15.7. The lowest BCUT2D eigenvalue weighted by Gasteiger charge is -2.31. The first-order valence-corrected chi connectivity index (χ1v) is 8.92. The molecule has 0 radical (unpaired) electrons. The largest absolute Gasteiger partial charge is 0.306 e. The van der Waals surface area contributed by atoms with E-state index in [4.69, 9.17) is 9.97 Å². The summed E-state index contributed by atoms with van der Waals surface area (Å²) in [6.45, 7) is 5.23. The molecular formula is C19H25N5. The molecule has 0 amide bonds. The Morgan fingerprint density at radius 1 is 1.25 bits per heavy atom. The molecule has 2 aromatic heterocycles. The summed E-state index contributed by atoms with van der Waals surface area (Å²) >= 11 is 0. The Morgan fingerprint density at radius 3 is 3.04 bits per heavy atom. The first-order chi connectivity index (χ1) is 11.8. The van der Waals surface area contributed by atoms with Crippen LogP contribution in [0.4, 0.5) is 0 Å². The van der Waals surface area contributed by atoms with E-state index >= 15 is 0 Å². The fraction of sp³-hybridized carbons (Fsp3) is 0.526. The Bertz CT molecular complexity index is 687. The van der Waals surface area contributed by atoms with Gasteiger partial charge in [-0.1, -0.05) is 6.07 Å². The zero-order valence-electron chi connectivity index (χ0n) is 14.4. The molecule has 4 rings (SSSR count). The Kier molecular flexibility index (Phi) is 4.54. The number of nitrogens with zero attached hydrogens (tertiary/aromatic N) is 5. The summed E-state index contributed by atoms with van der Waals surface area (Å²) in [6, 6.07) is 4.14. The van der Waals surface area contributed by atoms with Gasteiger partial charge in [-0.15, -0.1) is 0 Å². The molecule has 1 atom stereocenters. The minimum absolute atomic E-state index is 0.502. The van der Waals surface area contributed by atoms with Gasteiger partial charge >= 0.3 is 0 Å². The number of aromatic nitrogens is 3. The molecule has 2 aromatic rings. The molecule has 1 fully saturated rings. The molecule has 5 heteroatoms. The Labute approximate surface area is 143 Å². The molecule has 2 aliphatic rings. The molecule has 0 aliphatic carbocycles. The van der Waals surface area contributed by atoms with Crippen molar-refractivity contribution in [1.82, 2.24) is 24.8 Å². The molecule has 24 heavy (non-hydrogen) atoms.